The fourth-order valence-corrected chi connectivity index (χ4v) is 2.45. The Labute approximate surface area is 119 Å². The van der Waals surface area contributed by atoms with E-state index in [-0.39, 0.29) is 29.2 Å². The molecule has 1 saturated carbocycles. The molecule has 20 heavy (non-hydrogen) atoms. The van der Waals surface area contributed by atoms with Gasteiger partial charge in [-0.2, -0.15) is 0 Å². The largest absolute Gasteiger partial charge is 0.345 e. The van der Waals surface area contributed by atoms with E-state index < -0.39 is 0 Å². The molecule has 1 aliphatic carbocycles. The molecule has 2 atom stereocenters. The van der Waals surface area contributed by atoms with Gasteiger partial charge in [-0.3, -0.25) is 9.89 Å². The van der Waals surface area contributed by atoms with Crippen molar-refractivity contribution in [2.45, 2.75) is 70.4 Å². The van der Waals surface area contributed by atoms with E-state index >= 15 is 0 Å². The summed E-state index contributed by atoms with van der Waals surface area (Å²) in [7, 11) is 0. The number of carbonyl (C=O) groups is 1. The Hall–Kier alpha value is -1.43. The normalized spacial score (nSPS) is 24.2. The van der Waals surface area contributed by atoms with E-state index in [2.05, 4.69) is 20.5 Å². The van der Waals surface area contributed by atoms with Gasteiger partial charge < -0.3 is 11.1 Å². The van der Waals surface area contributed by atoms with Crippen LogP contribution in [0, 0.1) is 0 Å². The Bertz CT molecular complexity index is 462. The zero-order valence-corrected chi connectivity index (χ0v) is 12.6. The first-order valence-electron chi connectivity index (χ1n) is 7.37. The van der Waals surface area contributed by atoms with E-state index in [1.54, 1.807) is 0 Å². The summed E-state index contributed by atoms with van der Waals surface area (Å²) in [5.74, 6) is 0.679. The molecule has 1 heterocycles. The molecule has 0 aromatic carbocycles. The minimum absolute atomic E-state index is 0.0292. The van der Waals surface area contributed by atoms with E-state index in [1.807, 2.05) is 20.8 Å². The third-order valence-electron chi connectivity index (χ3n) is 3.78. The molecule has 0 bridgehead atoms. The van der Waals surface area contributed by atoms with Crippen molar-refractivity contribution >= 4 is 5.91 Å². The lowest BCUT2D eigenvalue weighted by atomic mass is 9.96. The first-order valence-corrected chi connectivity index (χ1v) is 7.37. The number of nitrogens with zero attached hydrogens (tertiary/aromatic N) is 2. The van der Waals surface area contributed by atoms with Crippen LogP contribution in [0.2, 0.25) is 0 Å². The van der Waals surface area contributed by atoms with Crippen molar-refractivity contribution in [2.24, 2.45) is 5.73 Å². The average molecular weight is 279 g/mol. The van der Waals surface area contributed by atoms with E-state index in [0.29, 0.717) is 5.82 Å². The van der Waals surface area contributed by atoms with E-state index in [9.17, 15) is 4.79 Å². The van der Waals surface area contributed by atoms with Crippen LogP contribution in [0.15, 0.2) is 0 Å². The second-order valence-electron chi connectivity index (χ2n) is 6.64. The maximum absolute atomic E-state index is 12.2. The lowest BCUT2D eigenvalue weighted by Gasteiger charge is -2.21. The highest BCUT2D eigenvalue weighted by Crippen LogP contribution is 2.18. The highest BCUT2D eigenvalue weighted by Gasteiger charge is 2.25. The summed E-state index contributed by atoms with van der Waals surface area (Å²) >= 11 is 0. The lowest BCUT2D eigenvalue weighted by Crippen LogP contribution is -2.47. The van der Waals surface area contributed by atoms with Gasteiger partial charge in [-0.1, -0.05) is 40.0 Å². The van der Waals surface area contributed by atoms with Gasteiger partial charge in [0.15, 0.2) is 0 Å². The van der Waals surface area contributed by atoms with Crippen LogP contribution in [0.3, 0.4) is 0 Å². The standard InChI is InChI=1S/C14H25N5O/c1-14(2,3)13-17-11(18-19-13)12(20)16-10-8-6-4-5-7-9(10)15/h9-10H,4-8,15H2,1-3H3,(H,16,20)(H,17,18,19). The molecular weight excluding hydrogens is 254 g/mol. The van der Waals surface area contributed by atoms with Crippen molar-refractivity contribution in [3.8, 4) is 0 Å². The van der Waals surface area contributed by atoms with Crippen LogP contribution in [-0.2, 0) is 5.41 Å². The number of rotatable bonds is 2. The molecule has 0 aliphatic heterocycles. The van der Waals surface area contributed by atoms with Crippen molar-refractivity contribution in [3.05, 3.63) is 11.6 Å². The smallest absolute Gasteiger partial charge is 0.291 e. The zero-order chi connectivity index (χ0) is 14.8. The molecule has 6 heteroatoms. The molecule has 1 aromatic rings. The summed E-state index contributed by atoms with van der Waals surface area (Å²) in [4.78, 5) is 16.5. The van der Waals surface area contributed by atoms with Crippen molar-refractivity contribution < 1.29 is 4.79 Å². The van der Waals surface area contributed by atoms with Gasteiger partial charge in [0.1, 0.15) is 5.82 Å². The number of aromatic nitrogens is 3. The summed E-state index contributed by atoms with van der Waals surface area (Å²) < 4.78 is 0. The maximum atomic E-state index is 12.2. The van der Waals surface area contributed by atoms with Crippen LogP contribution in [0.5, 0.6) is 0 Å². The third-order valence-corrected chi connectivity index (χ3v) is 3.78. The van der Waals surface area contributed by atoms with Crippen molar-refractivity contribution in [3.63, 3.8) is 0 Å². The fraction of sp³-hybridized carbons (Fsp3) is 0.786. The van der Waals surface area contributed by atoms with Gasteiger partial charge in [0.2, 0.25) is 5.82 Å². The molecule has 1 fully saturated rings. The molecule has 4 N–H and O–H groups in total. The molecule has 0 saturated heterocycles. The summed E-state index contributed by atoms with van der Waals surface area (Å²) in [6.45, 7) is 6.07. The van der Waals surface area contributed by atoms with Crippen molar-refractivity contribution in [1.82, 2.24) is 20.5 Å². The number of amides is 1. The highest BCUT2D eigenvalue weighted by molar-refractivity contribution is 5.90. The second kappa shape index (κ2) is 5.91. The molecule has 112 valence electrons. The van der Waals surface area contributed by atoms with Crippen LogP contribution in [0.25, 0.3) is 0 Å². The first-order chi connectivity index (χ1) is 9.38. The number of aromatic amines is 1. The van der Waals surface area contributed by atoms with Crippen molar-refractivity contribution in [2.75, 3.05) is 0 Å². The highest BCUT2D eigenvalue weighted by atomic mass is 16.2. The van der Waals surface area contributed by atoms with Crippen LogP contribution < -0.4 is 11.1 Å². The topological polar surface area (TPSA) is 96.7 Å². The van der Waals surface area contributed by atoms with E-state index in [1.165, 1.54) is 6.42 Å². The average Bonchev–Trinajstić information content (AvgIpc) is 2.78. The SMILES string of the molecule is CC(C)(C)c1nc(C(=O)NC2CCCCCC2N)n[nH]1. The van der Waals surface area contributed by atoms with Crippen LogP contribution in [0.4, 0.5) is 0 Å². The van der Waals surface area contributed by atoms with E-state index in [4.69, 9.17) is 5.73 Å². The Morgan fingerprint density at radius 3 is 2.65 bits per heavy atom. The molecule has 6 nitrogen and oxygen atoms in total. The number of carbonyl (C=O) groups excluding carboxylic acids is 1. The fourth-order valence-electron chi connectivity index (χ4n) is 2.45. The Balaban J connectivity index is 2.02. The Morgan fingerprint density at radius 1 is 1.30 bits per heavy atom. The Kier molecular flexibility index (Phi) is 4.42. The van der Waals surface area contributed by atoms with Gasteiger partial charge in [-0.25, -0.2) is 4.98 Å². The van der Waals surface area contributed by atoms with Crippen molar-refractivity contribution in [1.29, 1.82) is 0 Å². The zero-order valence-electron chi connectivity index (χ0n) is 12.6. The summed E-state index contributed by atoms with van der Waals surface area (Å²) in [5, 5.41) is 9.82. The molecule has 2 unspecified atom stereocenters. The third kappa shape index (κ3) is 3.56. The molecule has 2 rings (SSSR count). The second-order valence-corrected chi connectivity index (χ2v) is 6.64. The molecule has 1 aliphatic rings. The molecular formula is C14H25N5O. The van der Waals surface area contributed by atoms with Gasteiger partial charge in [0, 0.05) is 17.5 Å². The van der Waals surface area contributed by atoms with Crippen LogP contribution >= 0.6 is 0 Å². The number of hydrogen-bond acceptors (Lipinski definition) is 4. The van der Waals surface area contributed by atoms with Gasteiger partial charge in [0.05, 0.1) is 0 Å². The minimum atomic E-state index is -0.237. The van der Waals surface area contributed by atoms with Gasteiger partial charge >= 0.3 is 0 Å². The van der Waals surface area contributed by atoms with E-state index in [0.717, 1.165) is 25.7 Å². The molecule has 0 spiro atoms. The van der Waals surface area contributed by atoms with Gasteiger partial charge in [-0.05, 0) is 12.8 Å². The number of H-pyrrole nitrogens is 1. The lowest BCUT2D eigenvalue weighted by molar-refractivity contribution is 0.0918. The molecule has 1 aromatic heterocycles. The summed E-state index contributed by atoms with van der Waals surface area (Å²) in [6.07, 6.45) is 5.34. The minimum Gasteiger partial charge on any atom is -0.345 e. The van der Waals surface area contributed by atoms with Crippen LogP contribution in [-0.4, -0.2) is 33.2 Å². The maximum Gasteiger partial charge on any atom is 0.291 e. The predicted octanol–water partition coefficient (Wildman–Crippen LogP) is 1.49. The number of nitrogens with one attached hydrogen (secondary N) is 2. The summed E-state index contributed by atoms with van der Waals surface area (Å²) in [6, 6.07) is 0.0593. The van der Waals surface area contributed by atoms with Gasteiger partial charge in [0.25, 0.3) is 5.91 Å². The molecule has 1 amide bonds. The molecule has 0 radical (unpaired) electrons. The number of hydrogen-bond donors (Lipinski definition) is 3. The monoisotopic (exact) mass is 279 g/mol. The first kappa shape index (κ1) is 15.0. The predicted molar refractivity (Wildman–Crippen MR) is 77.4 cm³/mol. The number of nitrogens with two attached hydrogens (primary N) is 1. The van der Waals surface area contributed by atoms with Crippen LogP contribution in [0.1, 0.15) is 69.3 Å². The van der Waals surface area contributed by atoms with Gasteiger partial charge in [-0.15, -0.1) is 5.10 Å². The Morgan fingerprint density at radius 2 is 2.00 bits per heavy atom. The summed E-state index contributed by atoms with van der Waals surface area (Å²) in [5.41, 5.74) is 5.97. The quantitative estimate of drug-likeness (QED) is 0.715.